The largest absolute Gasteiger partial charge is 0.490 e. The van der Waals surface area contributed by atoms with Gasteiger partial charge in [0.05, 0.1) is 13.2 Å². The smallest absolute Gasteiger partial charge is 0.195 e. The predicted molar refractivity (Wildman–Crippen MR) is 118 cm³/mol. The Labute approximate surface area is 177 Å². The molecule has 1 aromatic heterocycles. The SMILES string of the molecule is CCNC(=NCC(C)Cn1cccn1)Nc1ccc2c(c1)OCCCO2.I. The van der Waals surface area contributed by atoms with Crippen molar-refractivity contribution in [2.45, 2.75) is 26.8 Å². The number of halogens is 1. The summed E-state index contributed by atoms with van der Waals surface area (Å²) in [7, 11) is 0. The van der Waals surface area contributed by atoms with Crippen LogP contribution >= 0.6 is 24.0 Å². The van der Waals surface area contributed by atoms with Crippen molar-refractivity contribution in [3.05, 3.63) is 36.7 Å². The number of aromatic nitrogens is 2. The molecule has 0 spiro atoms. The number of rotatable bonds is 6. The van der Waals surface area contributed by atoms with Crippen molar-refractivity contribution < 1.29 is 9.47 Å². The second-order valence-electron chi connectivity index (χ2n) is 6.39. The summed E-state index contributed by atoms with van der Waals surface area (Å²) in [5.74, 6) is 2.71. The Hall–Kier alpha value is -1.97. The van der Waals surface area contributed by atoms with Crippen LogP contribution in [-0.4, -0.2) is 42.0 Å². The lowest BCUT2D eigenvalue weighted by molar-refractivity contribution is 0.297. The molecule has 2 aromatic rings. The first-order chi connectivity index (χ1) is 12.7. The molecular formula is C19H28IN5O2. The summed E-state index contributed by atoms with van der Waals surface area (Å²) in [5, 5.41) is 10.9. The quantitative estimate of drug-likeness (QED) is 0.373. The van der Waals surface area contributed by atoms with Crippen LogP contribution in [0.25, 0.3) is 0 Å². The van der Waals surface area contributed by atoms with E-state index in [-0.39, 0.29) is 24.0 Å². The maximum Gasteiger partial charge on any atom is 0.195 e. The van der Waals surface area contributed by atoms with Crippen molar-refractivity contribution in [1.82, 2.24) is 15.1 Å². The molecule has 148 valence electrons. The fourth-order valence-electron chi connectivity index (χ4n) is 2.72. The van der Waals surface area contributed by atoms with Crippen LogP contribution < -0.4 is 20.1 Å². The Kier molecular flexibility index (Phi) is 8.70. The number of ether oxygens (including phenoxy) is 2. The van der Waals surface area contributed by atoms with Gasteiger partial charge >= 0.3 is 0 Å². The average Bonchev–Trinajstić information content (AvgIpc) is 3.03. The van der Waals surface area contributed by atoms with Crippen molar-refractivity contribution in [3.8, 4) is 11.5 Å². The van der Waals surface area contributed by atoms with E-state index in [9.17, 15) is 0 Å². The van der Waals surface area contributed by atoms with E-state index < -0.39 is 0 Å². The van der Waals surface area contributed by atoms with Gasteiger partial charge in [0.1, 0.15) is 0 Å². The van der Waals surface area contributed by atoms with Crippen LogP contribution in [0.4, 0.5) is 5.69 Å². The van der Waals surface area contributed by atoms with Gasteiger partial charge in [-0.25, -0.2) is 0 Å². The summed E-state index contributed by atoms with van der Waals surface area (Å²) >= 11 is 0. The highest BCUT2D eigenvalue weighted by Gasteiger charge is 2.11. The standard InChI is InChI=1S/C19H27N5O2.HI/c1-3-20-19(21-13-15(2)14-24-9-4-8-22-24)23-16-6-7-17-18(12-16)26-11-5-10-25-17;/h4,6-9,12,15H,3,5,10-11,13-14H2,1-2H3,(H2,20,21,23);1H. The highest BCUT2D eigenvalue weighted by molar-refractivity contribution is 14.0. The third-order valence-electron chi connectivity index (χ3n) is 3.97. The number of aliphatic imine (C=N–C) groups is 1. The molecular weight excluding hydrogens is 457 g/mol. The number of benzene rings is 1. The maximum absolute atomic E-state index is 5.75. The van der Waals surface area contributed by atoms with E-state index in [0.717, 1.165) is 42.7 Å². The van der Waals surface area contributed by atoms with Gasteiger partial charge in [-0.15, -0.1) is 24.0 Å². The zero-order chi connectivity index (χ0) is 18.2. The van der Waals surface area contributed by atoms with Crippen LogP contribution in [0.5, 0.6) is 11.5 Å². The number of anilines is 1. The molecule has 1 aliphatic heterocycles. The average molecular weight is 485 g/mol. The summed E-state index contributed by atoms with van der Waals surface area (Å²) < 4.78 is 13.4. The number of nitrogens with zero attached hydrogens (tertiary/aromatic N) is 3. The van der Waals surface area contributed by atoms with Crippen LogP contribution in [-0.2, 0) is 6.54 Å². The molecule has 7 nitrogen and oxygen atoms in total. The van der Waals surface area contributed by atoms with E-state index in [1.807, 2.05) is 35.1 Å². The Morgan fingerprint density at radius 1 is 1.30 bits per heavy atom. The van der Waals surface area contributed by atoms with Gasteiger partial charge in [0.25, 0.3) is 0 Å². The lowest BCUT2D eigenvalue weighted by Crippen LogP contribution is -2.31. The van der Waals surface area contributed by atoms with Gasteiger partial charge in [0, 0.05) is 50.2 Å². The highest BCUT2D eigenvalue weighted by Crippen LogP contribution is 2.32. The Balaban J connectivity index is 0.00000261. The van der Waals surface area contributed by atoms with Gasteiger partial charge in [-0.2, -0.15) is 5.10 Å². The minimum atomic E-state index is 0. The first-order valence-electron chi connectivity index (χ1n) is 9.17. The van der Waals surface area contributed by atoms with E-state index in [4.69, 9.17) is 14.5 Å². The van der Waals surface area contributed by atoms with Gasteiger partial charge in [-0.1, -0.05) is 6.92 Å². The molecule has 0 saturated heterocycles. The Morgan fingerprint density at radius 3 is 2.85 bits per heavy atom. The van der Waals surface area contributed by atoms with Gasteiger partial charge < -0.3 is 20.1 Å². The molecule has 1 aliphatic rings. The second kappa shape index (κ2) is 11.0. The molecule has 0 aliphatic carbocycles. The second-order valence-corrected chi connectivity index (χ2v) is 6.39. The van der Waals surface area contributed by atoms with E-state index in [0.29, 0.717) is 25.7 Å². The summed E-state index contributed by atoms with van der Waals surface area (Å²) in [6.07, 6.45) is 4.67. The molecule has 2 heterocycles. The zero-order valence-corrected chi connectivity index (χ0v) is 18.2. The van der Waals surface area contributed by atoms with E-state index in [1.54, 1.807) is 6.20 Å². The monoisotopic (exact) mass is 485 g/mol. The molecule has 0 bridgehead atoms. The van der Waals surface area contributed by atoms with Crippen molar-refractivity contribution in [2.75, 3.05) is 31.6 Å². The first kappa shape index (κ1) is 21.3. The van der Waals surface area contributed by atoms with Crippen LogP contribution in [0.15, 0.2) is 41.7 Å². The minimum absolute atomic E-state index is 0. The highest BCUT2D eigenvalue weighted by atomic mass is 127. The molecule has 1 atom stereocenters. The Morgan fingerprint density at radius 2 is 2.11 bits per heavy atom. The lowest BCUT2D eigenvalue weighted by Gasteiger charge is -2.15. The maximum atomic E-state index is 5.75. The summed E-state index contributed by atoms with van der Waals surface area (Å²) in [6, 6.07) is 7.81. The Bertz CT molecular complexity index is 721. The molecule has 0 saturated carbocycles. The molecule has 0 radical (unpaired) electrons. The van der Waals surface area contributed by atoms with Gasteiger partial charge in [-0.05, 0) is 31.0 Å². The molecule has 27 heavy (non-hydrogen) atoms. The van der Waals surface area contributed by atoms with E-state index in [2.05, 4.69) is 29.6 Å². The summed E-state index contributed by atoms with van der Waals surface area (Å²) in [5.41, 5.74) is 0.925. The number of hydrogen-bond donors (Lipinski definition) is 2. The first-order valence-corrected chi connectivity index (χ1v) is 9.17. The van der Waals surface area contributed by atoms with Crippen LogP contribution in [0.1, 0.15) is 20.3 Å². The molecule has 0 fully saturated rings. The van der Waals surface area contributed by atoms with E-state index in [1.165, 1.54) is 0 Å². The van der Waals surface area contributed by atoms with Crippen molar-refractivity contribution in [1.29, 1.82) is 0 Å². The van der Waals surface area contributed by atoms with Gasteiger partial charge in [-0.3, -0.25) is 9.67 Å². The van der Waals surface area contributed by atoms with Gasteiger partial charge in [0.15, 0.2) is 17.5 Å². The number of nitrogens with one attached hydrogen (secondary N) is 2. The van der Waals surface area contributed by atoms with Crippen LogP contribution in [0, 0.1) is 5.92 Å². The fourth-order valence-corrected chi connectivity index (χ4v) is 2.72. The third kappa shape index (κ3) is 6.60. The molecule has 1 unspecified atom stereocenters. The molecule has 1 aromatic carbocycles. The normalized spacial score (nSPS) is 14.7. The van der Waals surface area contributed by atoms with Crippen LogP contribution in [0.3, 0.4) is 0 Å². The third-order valence-corrected chi connectivity index (χ3v) is 3.97. The number of hydrogen-bond acceptors (Lipinski definition) is 4. The molecule has 3 rings (SSSR count). The van der Waals surface area contributed by atoms with Crippen molar-refractivity contribution in [2.24, 2.45) is 10.9 Å². The van der Waals surface area contributed by atoms with Crippen LogP contribution in [0.2, 0.25) is 0 Å². The summed E-state index contributed by atoms with van der Waals surface area (Å²) in [6.45, 7) is 7.94. The topological polar surface area (TPSA) is 72.7 Å². The molecule has 2 N–H and O–H groups in total. The lowest BCUT2D eigenvalue weighted by atomic mass is 10.2. The fraction of sp³-hybridized carbons (Fsp3) is 0.474. The number of guanidine groups is 1. The number of fused-ring (bicyclic) bond motifs is 1. The van der Waals surface area contributed by atoms with Gasteiger partial charge in [0.2, 0.25) is 0 Å². The predicted octanol–water partition coefficient (Wildman–Crippen LogP) is 3.38. The van der Waals surface area contributed by atoms with Crippen molar-refractivity contribution >= 4 is 35.6 Å². The molecule has 0 amide bonds. The van der Waals surface area contributed by atoms with Crippen molar-refractivity contribution in [3.63, 3.8) is 0 Å². The summed E-state index contributed by atoms with van der Waals surface area (Å²) in [4.78, 5) is 4.70. The van der Waals surface area contributed by atoms with E-state index >= 15 is 0 Å². The zero-order valence-electron chi connectivity index (χ0n) is 15.9. The molecule has 8 heteroatoms. The minimum Gasteiger partial charge on any atom is -0.490 e.